The quantitative estimate of drug-likeness (QED) is 0.616. The molecule has 0 unspecified atom stereocenters. The fourth-order valence-electron chi connectivity index (χ4n) is 1.96. The average molecular weight is 309 g/mol. The molecule has 0 saturated heterocycles. The molecule has 1 aromatic rings. The van der Waals surface area contributed by atoms with Gasteiger partial charge in [0.25, 0.3) is 0 Å². The molecule has 0 heterocycles. The zero-order valence-corrected chi connectivity index (χ0v) is 13.4. The van der Waals surface area contributed by atoms with Crippen molar-refractivity contribution in [3.05, 3.63) is 35.4 Å². The van der Waals surface area contributed by atoms with Gasteiger partial charge in [-0.25, -0.2) is 13.4 Å². The summed E-state index contributed by atoms with van der Waals surface area (Å²) in [4.78, 5) is 4.54. The van der Waals surface area contributed by atoms with Crippen LogP contribution in [-0.2, 0) is 22.1 Å². The lowest BCUT2D eigenvalue weighted by Crippen LogP contribution is -2.38. The molecule has 0 radical (unpaired) electrons. The number of nitrogens with zero attached hydrogens (tertiary/aromatic N) is 1. The number of benzene rings is 1. The molecule has 1 aliphatic carbocycles. The number of hydrogen-bond donors (Lipinski definition) is 2. The molecule has 6 heteroatoms. The SMILES string of the molecule is CCNC(=NCc1ccc(CS(C)(=O)=O)cc1)NC1CC1. The smallest absolute Gasteiger partial charge is 0.191 e. The third kappa shape index (κ3) is 6.16. The molecule has 5 nitrogen and oxygen atoms in total. The van der Waals surface area contributed by atoms with Crippen LogP contribution in [0.1, 0.15) is 30.9 Å². The summed E-state index contributed by atoms with van der Waals surface area (Å²) in [5.41, 5.74) is 1.88. The molecule has 2 N–H and O–H groups in total. The highest BCUT2D eigenvalue weighted by Crippen LogP contribution is 2.18. The van der Waals surface area contributed by atoms with Crippen molar-refractivity contribution in [2.45, 2.75) is 38.1 Å². The first-order valence-electron chi connectivity index (χ1n) is 7.26. The van der Waals surface area contributed by atoms with Crippen molar-refractivity contribution in [1.29, 1.82) is 0 Å². The van der Waals surface area contributed by atoms with Crippen LogP contribution >= 0.6 is 0 Å². The van der Waals surface area contributed by atoms with Crippen molar-refractivity contribution < 1.29 is 8.42 Å². The van der Waals surface area contributed by atoms with Crippen LogP contribution in [0.2, 0.25) is 0 Å². The summed E-state index contributed by atoms with van der Waals surface area (Å²) >= 11 is 0. The molecule has 0 aromatic heterocycles. The van der Waals surface area contributed by atoms with E-state index in [1.165, 1.54) is 19.1 Å². The van der Waals surface area contributed by atoms with Crippen molar-refractivity contribution in [1.82, 2.24) is 10.6 Å². The van der Waals surface area contributed by atoms with Crippen LogP contribution in [0.4, 0.5) is 0 Å². The Balaban J connectivity index is 1.94. The van der Waals surface area contributed by atoms with Crippen LogP contribution in [0, 0.1) is 0 Å². The molecule has 2 rings (SSSR count). The lowest BCUT2D eigenvalue weighted by molar-refractivity contribution is 0.601. The Labute approximate surface area is 126 Å². The molecular weight excluding hydrogens is 286 g/mol. The van der Waals surface area contributed by atoms with Crippen LogP contribution in [0.5, 0.6) is 0 Å². The number of guanidine groups is 1. The number of rotatable bonds is 6. The summed E-state index contributed by atoms with van der Waals surface area (Å²) < 4.78 is 22.5. The van der Waals surface area contributed by atoms with Gasteiger partial charge in [0.05, 0.1) is 12.3 Å². The second kappa shape index (κ2) is 6.93. The van der Waals surface area contributed by atoms with Gasteiger partial charge in [-0.3, -0.25) is 0 Å². The van der Waals surface area contributed by atoms with Crippen LogP contribution in [0.3, 0.4) is 0 Å². The molecule has 0 spiro atoms. The van der Waals surface area contributed by atoms with Gasteiger partial charge < -0.3 is 10.6 Å². The van der Waals surface area contributed by atoms with Crippen molar-refractivity contribution in [3.8, 4) is 0 Å². The fraction of sp³-hybridized carbons (Fsp3) is 0.533. The minimum Gasteiger partial charge on any atom is -0.357 e. The third-order valence-electron chi connectivity index (χ3n) is 3.13. The van der Waals surface area contributed by atoms with E-state index in [2.05, 4.69) is 15.6 Å². The van der Waals surface area contributed by atoms with Gasteiger partial charge in [-0.05, 0) is 30.9 Å². The number of nitrogens with one attached hydrogen (secondary N) is 2. The van der Waals surface area contributed by atoms with E-state index in [-0.39, 0.29) is 5.75 Å². The molecule has 1 aliphatic rings. The lowest BCUT2D eigenvalue weighted by Gasteiger charge is -2.10. The van der Waals surface area contributed by atoms with Gasteiger partial charge in [0.15, 0.2) is 15.8 Å². The largest absolute Gasteiger partial charge is 0.357 e. The highest BCUT2D eigenvalue weighted by Gasteiger charge is 2.21. The second-order valence-electron chi connectivity index (χ2n) is 5.50. The third-order valence-corrected chi connectivity index (χ3v) is 3.99. The number of hydrogen-bond acceptors (Lipinski definition) is 3. The maximum absolute atomic E-state index is 11.2. The Morgan fingerprint density at radius 3 is 2.38 bits per heavy atom. The molecule has 0 atom stereocenters. The summed E-state index contributed by atoms with van der Waals surface area (Å²) in [6.45, 7) is 3.47. The Kier molecular flexibility index (Phi) is 5.22. The number of sulfone groups is 1. The van der Waals surface area contributed by atoms with E-state index in [4.69, 9.17) is 0 Å². The summed E-state index contributed by atoms with van der Waals surface area (Å²) in [5, 5.41) is 6.59. The van der Waals surface area contributed by atoms with Gasteiger partial charge in [0, 0.05) is 18.8 Å². The van der Waals surface area contributed by atoms with Crippen LogP contribution in [0.15, 0.2) is 29.3 Å². The Morgan fingerprint density at radius 2 is 1.86 bits per heavy atom. The van der Waals surface area contributed by atoms with E-state index >= 15 is 0 Å². The Bertz CT molecular complexity index is 590. The van der Waals surface area contributed by atoms with E-state index in [9.17, 15) is 8.42 Å². The van der Waals surface area contributed by atoms with Crippen LogP contribution in [-0.4, -0.2) is 33.2 Å². The predicted octanol–water partition coefficient (Wildman–Crippen LogP) is 1.45. The minimum atomic E-state index is -2.98. The van der Waals surface area contributed by atoms with Crippen LogP contribution in [0.25, 0.3) is 0 Å². The zero-order chi connectivity index (χ0) is 15.3. The molecule has 0 aliphatic heterocycles. The molecule has 0 amide bonds. The topological polar surface area (TPSA) is 70.6 Å². The first-order valence-corrected chi connectivity index (χ1v) is 9.32. The van der Waals surface area contributed by atoms with Gasteiger partial charge in [0.2, 0.25) is 0 Å². The molecule has 1 aromatic carbocycles. The lowest BCUT2D eigenvalue weighted by atomic mass is 10.1. The average Bonchev–Trinajstić information content (AvgIpc) is 3.20. The first kappa shape index (κ1) is 15.8. The Hall–Kier alpha value is -1.56. The summed E-state index contributed by atoms with van der Waals surface area (Å²) in [5.74, 6) is 0.933. The monoisotopic (exact) mass is 309 g/mol. The van der Waals surface area contributed by atoms with E-state index in [0.29, 0.717) is 12.6 Å². The summed E-state index contributed by atoms with van der Waals surface area (Å²) in [6, 6.07) is 8.15. The zero-order valence-electron chi connectivity index (χ0n) is 12.6. The van der Waals surface area contributed by atoms with Crippen molar-refractivity contribution in [3.63, 3.8) is 0 Å². The van der Waals surface area contributed by atoms with E-state index < -0.39 is 9.84 Å². The standard InChI is InChI=1S/C15H23N3O2S/c1-3-16-15(18-14-8-9-14)17-10-12-4-6-13(7-5-12)11-21(2,19)20/h4-7,14H,3,8-11H2,1-2H3,(H2,16,17,18). The Morgan fingerprint density at radius 1 is 1.24 bits per heavy atom. The molecular formula is C15H23N3O2S. The molecule has 0 bridgehead atoms. The molecule has 116 valence electrons. The van der Waals surface area contributed by atoms with Crippen molar-refractivity contribution in [2.75, 3.05) is 12.8 Å². The van der Waals surface area contributed by atoms with E-state index in [1.54, 1.807) is 0 Å². The fourth-order valence-corrected chi connectivity index (χ4v) is 2.75. The summed E-state index contributed by atoms with van der Waals surface area (Å²) in [6.07, 6.45) is 3.67. The second-order valence-corrected chi connectivity index (χ2v) is 7.64. The van der Waals surface area contributed by atoms with Gasteiger partial charge in [-0.15, -0.1) is 0 Å². The van der Waals surface area contributed by atoms with Gasteiger partial charge in [-0.1, -0.05) is 24.3 Å². The number of aliphatic imine (C=N–C) groups is 1. The first-order chi connectivity index (χ1) is 9.96. The summed E-state index contributed by atoms with van der Waals surface area (Å²) in [7, 11) is -2.98. The molecule has 21 heavy (non-hydrogen) atoms. The molecule has 1 saturated carbocycles. The van der Waals surface area contributed by atoms with E-state index in [0.717, 1.165) is 23.6 Å². The molecule has 1 fully saturated rings. The minimum absolute atomic E-state index is 0.0857. The van der Waals surface area contributed by atoms with Crippen molar-refractivity contribution in [2.24, 2.45) is 4.99 Å². The predicted molar refractivity (Wildman–Crippen MR) is 86.0 cm³/mol. The highest BCUT2D eigenvalue weighted by molar-refractivity contribution is 7.89. The van der Waals surface area contributed by atoms with Gasteiger partial charge >= 0.3 is 0 Å². The maximum atomic E-state index is 11.2. The van der Waals surface area contributed by atoms with Crippen LogP contribution < -0.4 is 10.6 Å². The van der Waals surface area contributed by atoms with Crippen molar-refractivity contribution >= 4 is 15.8 Å². The maximum Gasteiger partial charge on any atom is 0.191 e. The van der Waals surface area contributed by atoms with Gasteiger partial charge in [-0.2, -0.15) is 0 Å². The highest BCUT2D eigenvalue weighted by atomic mass is 32.2. The van der Waals surface area contributed by atoms with E-state index in [1.807, 2.05) is 31.2 Å². The normalized spacial score (nSPS) is 15.8. The van der Waals surface area contributed by atoms with Gasteiger partial charge in [0.1, 0.15) is 0 Å².